The topological polar surface area (TPSA) is 26.3 Å². The van der Waals surface area contributed by atoms with Gasteiger partial charge in [0.25, 0.3) is 0 Å². The minimum absolute atomic E-state index is 0.120. The summed E-state index contributed by atoms with van der Waals surface area (Å²) in [5.74, 6) is -0.607. The first-order valence-corrected chi connectivity index (χ1v) is 7.44. The summed E-state index contributed by atoms with van der Waals surface area (Å²) in [6.45, 7) is 1.97. The van der Waals surface area contributed by atoms with Gasteiger partial charge in [-0.3, -0.25) is 0 Å². The number of carbonyl (C=O) groups is 1. The molecule has 1 aliphatic carbocycles. The molecule has 0 N–H and O–H groups in total. The van der Waals surface area contributed by atoms with Crippen LogP contribution in [0.25, 0.3) is 0 Å². The molecule has 0 unspecified atom stereocenters. The summed E-state index contributed by atoms with van der Waals surface area (Å²) in [4.78, 5) is 11.1. The van der Waals surface area contributed by atoms with Gasteiger partial charge in [0.05, 0.1) is 16.7 Å². The molecule has 0 radical (unpaired) electrons. The van der Waals surface area contributed by atoms with Crippen LogP contribution in [-0.2, 0) is 9.53 Å². The quantitative estimate of drug-likeness (QED) is 0.428. The number of halogens is 3. The van der Waals surface area contributed by atoms with Crippen molar-refractivity contribution in [2.24, 2.45) is 5.92 Å². The third kappa shape index (κ3) is 4.58. The zero-order valence-electron chi connectivity index (χ0n) is 11.5. The van der Waals surface area contributed by atoms with Crippen molar-refractivity contribution in [2.75, 3.05) is 6.61 Å². The summed E-state index contributed by atoms with van der Waals surface area (Å²) in [6, 6.07) is 5.46. The third-order valence-electron chi connectivity index (χ3n) is 3.25. The van der Waals surface area contributed by atoms with Gasteiger partial charge in [0, 0.05) is 6.08 Å². The second-order valence-electron chi connectivity index (χ2n) is 4.82. The molecule has 0 aliphatic heterocycles. The molecule has 2 atom stereocenters. The standard InChI is InChI=1S/C16H15Cl2FO2/c1-2-21-16(20)6-4-12(19)7-11-8-13(11)10-3-5-14(17)15(18)9-10/h3-7,9,11,13H,2,8H2,1H3/b6-4+,12-7-/t11-,13+/m1/s1. The fraction of sp³-hybridized carbons (Fsp3) is 0.312. The lowest BCUT2D eigenvalue weighted by atomic mass is 10.1. The fourth-order valence-electron chi connectivity index (χ4n) is 2.12. The molecule has 0 heterocycles. The summed E-state index contributed by atoms with van der Waals surface area (Å²) in [6.07, 6.45) is 4.59. The predicted octanol–water partition coefficient (Wildman–Crippen LogP) is 5.07. The molecule has 2 nitrogen and oxygen atoms in total. The second-order valence-corrected chi connectivity index (χ2v) is 5.63. The largest absolute Gasteiger partial charge is 0.463 e. The average Bonchev–Trinajstić information content (AvgIpc) is 3.19. The highest BCUT2D eigenvalue weighted by Gasteiger charge is 2.37. The van der Waals surface area contributed by atoms with Gasteiger partial charge >= 0.3 is 5.97 Å². The highest BCUT2D eigenvalue weighted by atomic mass is 35.5. The molecule has 1 fully saturated rings. The number of benzene rings is 1. The summed E-state index contributed by atoms with van der Waals surface area (Å²) >= 11 is 11.8. The third-order valence-corrected chi connectivity index (χ3v) is 3.99. The van der Waals surface area contributed by atoms with Crippen LogP contribution in [0.3, 0.4) is 0 Å². The second kappa shape index (κ2) is 7.10. The molecule has 112 valence electrons. The van der Waals surface area contributed by atoms with E-state index in [1.165, 1.54) is 6.08 Å². The number of allylic oxidation sites excluding steroid dienone is 3. The number of ether oxygens (including phenoxy) is 1. The van der Waals surface area contributed by atoms with Crippen molar-refractivity contribution in [3.05, 3.63) is 57.9 Å². The Bertz CT molecular complexity index is 596. The first-order chi connectivity index (χ1) is 10.0. The van der Waals surface area contributed by atoms with Crippen LogP contribution in [-0.4, -0.2) is 12.6 Å². The monoisotopic (exact) mass is 328 g/mol. The van der Waals surface area contributed by atoms with E-state index in [4.69, 9.17) is 23.2 Å². The molecule has 0 amide bonds. The molecule has 1 aliphatic rings. The molecule has 5 heteroatoms. The van der Waals surface area contributed by atoms with Crippen LogP contribution < -0.4 is 0 Å². The molecule has 0 spiro atoms. The van der Waals surface area contributed by atoms with Crippen LogP contribution in [0.2, 0.25) is 10.0 Å². The van der Waals surface area contributed by atoms with E-state index in [2.05, 4.69) is 4.74 Å². The molecule has 21 heavy (non-hydrogen) atoms. The highest BCUT2D eigenvalue weighted by Crippen LogP contribution is 2.49. The van der Waals surface area contributed by atoms with Gasteiger partial charge in [-0.1, -0.05) is 29.3 Å². The molecular formula is C16H15Cl2FO2. The number of carbonyl (C=O) groups excluding carboxylic acids is 1. The Hall–Kier alpha value is -1.32. The van der Waals surface area contributed by atoms with Gasteiger partial charge < -0.3 is 4.74 Å². The summed E-state index contributed by atoms with van der Waals surface area (Å²) < 4.78 is 18.3. The molecule has 0 saturated heterocycles. The molecule has 0 aromatic heterocycles. The number of hydrogen-bond donors (Lipinski definition) is 0. The van der Waals surface area contributed by atoms with Crippen molar-refractivity contribution < 1.29 is 13.9 Å². The molecule has 2 rings (SSSR count). The first-order valence-electron chi connectivity index (χ1n) is 6.68. The number of esters is 1. The fourth-order valence-corrected chi connectivity index (χ4v) is 2.43. The Kier molecular flexibility index (Phi) is 5.43. The van der Waals surface area contributed by atoms with E-state index in [0.29, 0.717) is 10.0 Å². The van der Waals surface area contributed by atoms with E-state index in [0.717, 1.165) is 24.1 Å². The van der Waals surface area contributed by atoms with Gasteiger partial charge in [-0.2, -0.15) is 0 Å². The van der Waals surface area contributed by atoms with Crippen LogP contribution in [0.1, 0.15) is 24.8 Å². The van der Waals surface area contributed by atoms with Crippen molar-refractivity contribution in [1.82, 2.24) is 0 Å². The van der Waals surface area contributed by atoms with Gasteiger partial charge in [0.1, 0.15) is 5.83 Å². The number of hydrogen-bond acceptors (Lipinski definition) is 2. The van der Waals surface area contributed by atoms with Crippen LogP contribution in [0.4, 0.5) is 4.39 Å². The minimum Gasteiger partial charge on any atom is -0.463 e. The highest BCUT2D eigenvalue weighted by molar-refractivity contribution is 6.42. The van der Waals surface area contributed by atoms with E-state index in [9.17, 15) is 9.18 Å². The van der Waals surface area contributed by atoms with Crippen LogP contribution in [0.15, 0.2) is 42.3 Å². The minimum atomic E-state index is -0.544. The molecule has 1 aromatic rings. The molecular weight excluding hydrogens is 314 g/mol. The van der Waals surface area contributed by atoms with Gasteiger partial charge in [0.15, 0.2) is 0 Å². The summed E-state index contributed by atoms with van der Waals surface area (Å²) in [5, 5.41) is 1.02. The molecule has 1 saturated carbocycles. The van der Waals surface area contributed by atoms with Crippen molar-refractivity contribution >= 4 is 29.2 Å². The maximum atomic E-state index is 13.6. The first kappa shape index (κ1) is 16.1. The van der Waals surface area contributed by atoms with E-state index in [1.54, 1.807) is 13.0 Å². The SMILES string of the molecule is CCOC(=O)/C=C/C(F)=C/[C@@H]1C[C@H]1c1ccc(Cl)c(Cl)c1. The molecule has 1 aromatic carbocycles. The summed E-state index contributed by atoms with van der Waals surface area (Å²) in [7, 11) is 0. The Labute approximate surface area is 133 Å². The lowest BCUT2D eigenvalue weighted by Crippen LogP contribution is -1.98. The van der Waals surface area contributed by atoms with E-state index in [1.807, 2.05) is 12.1 Å². The maximum Gasteiger partial charge on any atom is 0.330 e. The van der Waals surface area contributed by atoms with Gasteiger partial charge in [-0.05, 0) is 55.0 Å². The zero-order valence-corrected chi connectivity index (χ0v) is 13.0. The lowest BCUT2D eigenvalue weighted by molar-refractivity contribution is -0.137. The Balaban J connectivity index is 1.95. The van der Waals surface area contributed by atoms with Crippen LogP contribution in [0.5, 0.6) is 0 Å². The number of rotatable bonds is 5. The Morgan fingerprint density at radius 3 is 2.81 bits per heavy atom. The van der Waals surface area contributed by atoms with Crippen LogP contribution >= 0.6 is 23.2 Å². The average molecular weight is 329 g/mol. The summed E-state index contributed by atoms with van der Waals surface area (Å²) in [5.41, 5.74) is 1.05. The van der Waals surface area contributed by atoms with E-state index in [-0.39, 0.29) is 18.4 Å². The van der Waals surface area contributed by atoms with Gasteiger partial charge in [-0.15, -0.1) is 0 Å². The van der Waals surface area contributed by atoms with Crippen molar-refractivity contribution in [2.45, 2.75) is 19.3 Å². The molecule has 0 bridgehead atoms. The predicted molar refractivity (Wildman–Crippen MR) is 82.3 cm³/mol. The van der Waals surface area contributed by atoms with Crippen molar-refractivity contribution in [3.8, 4) is 0 Å². The Morgan fingerprint density at radius 1 is 1.38 bits per heavy atom. The van der Waals surface area contributed by atoms with Gasteiger partial charge in [-0.25, -0.2) is 9.18 Å². The van der Waals surface area contributed by atoms with Gasteiger partial charge in [0.2, 0.25) is 0 Å². The zero-order chi connectivity index (χ0) is 15.4. The van der Waals surface area contributed by atoms with Crippen molar-refractivity contribution in [1.29, 1.82) is 0 Å². The normalized spacial score (nSPS) is 21.6. The van der Waals surface area contributed by atoms with E-state index < -0.39 is 11.8 Å². The van der Waals surface area contributed by atoms with Crippen LogP contribution in [0, 0.1) is 5.92 Å². The lowest BCUT2D eigenvalue weighted by Gasteiger charge is -2.01. The maximum absolute atomic E-state index is 13.6. The van der Waals surface area contributed by atoms with E-state index >= 15 is 0 Å². The van der Waals surface area contributed by atoms with Crippen molar-refractivity contribution in [3.63, 3.8) is 0 Å². The Morgan fingerprint density at radius 2 is 2.14 bits per heavy atom. The smallest absolute Gasteiger partial charge is 0.330 e.